The van der Waals surface area contributed by atoms with Gasteiger partial charge in [-0.3, -0.25) is 9.78 Å². The number of para-hydroxylation sites is 1. The zero-order valence-corrected chi connectivity index (χ0v) is 22.1. The zero-order valence-electron chi connectivity index (χ0n) is 22.1. The summed E-state index contributed by atoms with van der Waals surface area (Å²) < 4.78 is 6.27. The number of nitrogens with one attached hydrogen (secondary N) is 1. The lowest BCUT2D eigenvalue weighted by atomic mass is 9.93. The molecule has 1 amide bonds. The van der Waals surface area contributed by atoms with Crippen LogP contribution < -0.4 is 15.0 Å². The summed E-state index contributed by atoms with van der Waals surface area (Å²) in [6.07, 6.45) is 6.97. The summed E-state index contributed by atoms with van der Waals surface area (Å²) in [5.41, 5.74) is 4.66. The van der Waals surface area contributed by atoms with E-state index in [1.54, 1.807) is 11.9 Å². The molecule has 0 aliphatic carbocycles. The number of hydrogen-bond donors (Lipinski definition) is 1. The van der Waals surface area contributed by atoms with Crippen LogP contribution in [0, 0.1) is 5.92 Å². The second kappa shape index (κ2) is 11.7. The second-order valence-electron chi connectivity index (χ2n) is 10.2. The lowest BCUT2D eigenvalue weighted by Gasteiger charge is -2.34. The fourth-order valence-corrected chi connectivity index (χ4v) is 5.78. The Morgan fingerprint density at radius 1 is 1.18 bits per heavy atom. The Bertz CT molecular complexity index is 1310. The third-order valence-electron chi connectivity index (χ3n) is 7.98. The summed E-state index contributed by atoms with van der Waals surface area (Å²) in [5.74, 6) is 1.36. The van der Waals surface area contributed by atoms with Gasteiger partial charge in [0.1, 0.15) is 12.0 Å². The van der Waals surface area contributed by atoms with Crippen molar-refractivity contribution in [3.63, 3.8) is 0 Å². The molecule has 7 heteroatoms. The van der Waals surface area contributed by atoms with Crippen molar-refractivity contribution in [3.8, 4) is 5.75 Å². The van der Waals surface area contributed by atoms with E-state index in [9.17, 15) is 9.59 Å². The molecule has 0 bridgehead atoms. The van der Waals surface area contributed by atoms with E-state index in [1.165, 1.54) is 11.1 Å². The molecule has 38 heavy (non-hydrogen) atoms. The van der Waals surface area contributed by atoms with Crippen LogP contribution >= 0.6 is 0 Å². The smallest absolute Gasteiger partial charge is 0.255 e. The van der Waals surface area contributed by atoms with E-state index < -0.39 is 0 Å². The molecular formula is C31H36N4O3. The maximum Gasteiger partial charge on any atom is 0.255 e. The number of carbonyl (C=O) groups is 2. The first-order chi connectivity index (χ1) is 18.6. The molecule has 3 heterocycles. The standard InChI is InChI=1S/C31H36N4O3/c1-22(32-2)28(10-6-19-36)35-21-26-24(31(35)37)8-5-11-30(26)38-20-15-23-13-17-34(18-14-23)29-12-16-33-27-9-4-3-7-25(27)29/h3-5,7-9,11-12,16,19,23,28,32H,1,6,10,13-15,17-18,20-21H2,2H3. The van der Waals surface area contributed by atoms with Gasteiger partial charge in [0.25, 0.3) is 5.91 Å². The van der Waals surface area contributed by atoms with Gasteiger partial charge in [0.15, 0.2) is 0 Å². The van der Waals surface area contributed by atoms with Crippen LogP contribution in [0.5, 0.6) is 5.75 Å². The minimum absolute atomic E-state index is 0.0336. The number of aromatic nitrogens is 1. The zero-order chi connectivity index (χ0) is 26.5. The molecule has 1 saturated heterocycles. The van der Waals surface area contributed by atoms with Gasteiger partial charge in [0.2, 0.25) is 0 Å². The number of aldehydes is 1. The van der Waals surface area contributed by atoms with Crippen molar-refractivity contribution in [2.75, 3.05) is 31.6 Å². The second-order valence-corrected chi connectivity index (χ2v) is 10.2. The maximum atomic E-state index is 13.2. The van der Waals surface area contributed by atoms with E-state index in [-0.39, 0.29) is 11.9 Å². The number of ether oxygens (including phenoxy) is 1. The van der Waals surface area contributed by atoms with Gasteiger partial charge in [0.05, 0.1) is 24.7 Å². The van der Waals surface area contributed by atoms with E-state index in [0.29, 0.717) is 37.5 Å². The lowest BCUT2D eigenvalue weighted by molar-refractivity contribution is -0.108. The molecule has 1 fully saturated rings. The lowest BCUT2D eigenvalue weighted by Crippen LogP contribution is -2.40. The number of amides is 1. The minimum Gasteiger partial charge on any atom is -0.493 e. The quantitative estimate of drug-likeness (QED) is 0.366. The molecule has 2 aliphatic rings. The number of carbonyl (C=O) groups excluding carboxylic acids is 2. The minimum atomic E-state index is -0.236. The van der Waals surface area contributed by atoms with E-state index in [2.05, 4.69) is 46.0 Å². The van der Waals surface area contributed by atoms with Crippen molar-refractivity contribution >= 4 is 28.8 Å². The Labute approximate surface area is 224 Å². The molecule has 2 aromatic carbocycles. The van der Waals surface area contributed by atoms with Crippen LogP contribution in [0.1, 0.15) is 48.0 Å². The largest absolute Gasteiger partial charge is 0.493 e. The average molecular weight is 513 g/mol. The first kappa shape index (κ1) is 25.8. The molecule has 2 aliphatic heterocycles. The van der Waals surface area contributed by atoms with Crippen molar-refractivity contribution in [3.05, 3.63) is 78.1 Å². The maximum absolute atomic E-state index is 13.2. The highest BCUT2D eigenvalue weighted by Gasteiger charge is 2.35. The van der Waals surface area contributed by atoms with Crippen LogP contribution in [0.25, 0.3) is 10.9 Å². The number of benzene rings is 2. The first-order valence-corrected chi connectivity index (χ1v) is 13.5. The van der Waals surface area contributed by atoms with E-state index in [0.717, 1.165) is 61.2 Å². The van der Waals surface area contributed by atoms with Crippen molar-refractivity contribution < 1.29 is 14.3 Å². The highest BCUT2D eigenvalue weighted by molar-refractivity contribution is 5.99. The van der Waals surface area contributed by atoms with Gasteiger partial charge >= 0.3 is 0 Å². The van der Waals surface area contributed by atoms with Gasteiger partial charge in [-0.25, -0.2) is 0 Å². The number of fused-ring (bicyclic) bond motifs is 2. The van der Waals surface area contributed by atoms with Crippen LogP contribution in [0.4, 0.5) is 5.69 Å². The SMILES string of the molecule is C=C(NC)C(CCC=O)N1Cc2c(OCCC3CCN(c4ccnc5ccccc45)CC3)cccc2C1=O. The molecule has 1 N–H and O–H groups in total. The van der Waals surface area contributed by atoms with E-state index in [4.69, 9.17) is 4.74 Å². The Balaban J connectivity index is 1.17. The Kier molecular flexibility index (Phi) is 7.91. The van der Waals surface area contributed by atoms with Gasteiger partial charge in [-0.2, -0.15) is 0 Å². The molecule has 1 aromatic heterocycles. The third kappa shape index (κ3) is 5.23. The molecule has 0 saturated carbocycles. The normalized spacial score (nSPS) is 16.4. The van der Waals surface area contributed by atoms with Crippen molar-refractivity contribution in [2.24, 2.45) is 5.92 Å². The van der Waals surface area contributed by atoms with Gasteiger partial charge in [-0.1, -0.05) is 30.8 Å². The van der Waals surface area contributed by atoms with Crippen molar-refractivity contribution in [2.45, 2.75) is 44.7 Å². The van der Waals surface area contributed by atoms with Gasteiger partial charge in [0, 0.05) is 60.7 Å². The Morgan fingerprint density at radius 2 is 2.00 bits per heavy atom. The number of nitrogens with zero attached hydrogens (tertiary/aromatic N) is 3. The number of hydrogen-bond acceptors (Lipinski definition) is 6. The molecule has 1 atom stereocenters. The fourth-order valence-electron chi connectivity index (χ4n) is 5.78. The predicted molar refractivity (Wildman–Crippen MR) is 150 cm³/mol. The van der Waals surface area contributed by atoms with Crippen LogP contribution in [0.2, 0.25) is 0 Å². The Hall–Kier alpha value is -3.87. The molecule has 3 aromatic rings. The fraction of sp³-hybridized carbons (Fsp3) is 0.387. The van der Waals surface area contributed by atoms with Crippen molar-refractivity contribution in [1.29, 1.82) is 0 Å². The van der Waals surface area contributed by atoms with Crippen LogP contribution in [-0.4, -0.2) is 54.9 Å². The van der Waals surface area contributed by atoms with Crippen molar-refractivity contribution in [1.82, 2.24) is 15.2 Å². The Morgan fingerprint density at radius 3 is 2.79 bits per heavy atom. The summed E-state index contributed by atoms with van der Waals surface area (Å²) in [4.78, 5) is 33.0. The summed E-state index contributed by atoms with van der Waals surface area (Å²) in [6, 6.07) is 15.9. The summed E-state index contributed by atoms with van der Waals surface area (Å²) in [5, 5.41) is 4.28. The molecule has 7 nitrogen and oxygen atoms in total. The molecular weight excluding hydrogens is 476 g/mol. The number of rotatable bonds is 11. The van der Waals surface area contributed by atoms with Crippen LogP contribution in [-0.2, 0) is 11.3 Å². The summed E-state index contributed by atoms with van der Waals surface area (Å²) >= 11 is 0. The highest BCUT2D eigenvalue weighted by Crippen LogP contribution is 2.35. The van der Waals surface area contributed by atoms with Crippen LogP contribution in [0.3, 0.4) is 0 Å². The van der Waals surface area contributed by atoms with Gasteiger partial charge < -0.3 is 24.6 Å². The monoisotopic (exact) mass is 512 g/mol. The molecule has 0 radical (unpaired) electrons. The first-order valence-electron chi connectivity index (χ1n) is 13.5. The van der Waals surface area contributed by atoms with E-state index >= 15 is 0 Å². The summed E-state index contributed by atoms with van der Waals surface area (Å²) in [7, 11) is 1.79. The third-order valence-corrected chi connectivity index (χ3v) is 7.98. The van der Waals surface area contributed by atoms with Gasteiger partial charge in [-0.15, -0.1) is 0 Å². The molecule has 198 valence electrons. The predicted octanol–water partition coefficient (Wildman–Crippen LogP) is 4.96. The average Bonchev–Trinajstić information content (AvgIpc) is 3.30. The number of pyridine rings is 1. The molecule has 1 unspecified atom stereocenters. The number of piperidine rings is 1. The highest BCUT2D eigenvalue weighted by atomic mass is 16.5. The summed E-state index contributed by atoms with van der Waals surface area (Å²) in [6.45, 7) is 7.22. The molecule has 0 spiro atoms. The van der Waals surface area contributed by atoms with Crippen LogP contribution in [0.15, 0.2) is 67.0 Å². The van der Waals surface area contributed by atoms with Gasteiger partial charge in [-0.05, 0) is 55.9 Å². The topological polar surface area (TPSA) is 74.8 Å². The number of likely N-dealkylation sites (N-methyl/N-ethyl adjacent to an activating group) is 1. The van der Waals surface area contributed by atoms with E-state index in [1.807, 2.05) is 30.5 Å². The molecule has 5 rings (SSSR count). The number of anilines is 1.